The third-order valence-electron chi connectivity index (χ3n) is 4.04. The summed E-state index contributed by atoms with van der Waals surface area (Å²) in [7, 11) is 0. The van der Waals surface area contributed by atoms with Gasteiger partial charge in [-0.2, -0.15) is 0 Å². The fourth-order valence-electron chi connectivity index (χ4n) is 2.76. The van der Waals surface area contributed by atoms with Crippen molar-refractivity contribution in [2.75, 3.05) is 0 Å². The second-order valence-electron chi connectivity index (χ2n) is 5.79. The molecule has 0 N–H and O–H groups in total. The molecule has 0 saturated carbocycles. The summed E-state index contributed by atoms with van der Waals surface area (Å²) in [6, 6.07) is 22.9. The van der Waals surface area contributed by atoms with Gasteiger partial charge in [0.25, 0.3) is 0 Å². The molecule has 0 saturated heterocycles. The number of benzene rings is 1. The number of hydrogen-bond acceptors (Lipinski definition) is 4. The Kier molecular flexibility index (Phi) is 4.55. The van der Waals surface area contributed by atoms with Crippen LogP contribution < -0.4 is 0 Å². The molecule has 0 aliphatic carbocycles. The summed E-state index contributed by atoms with van der Waals surface area (Å²) >= 11 is 0. The van der Waals surface area contributed by atoms with E-state index in [1.807, 2.05) is 60.7 Å². The van der Waals surface area contributed by atoms with Crippen LogP contribution in [0.25, 0.3) is 44.3 Å². The fourth-order valence-corrected chi connectivity index (χ4v) is 2.76. The highest BCUT2D eigenvalue weighted by molar-refractivity contribution is 5.75. The van der Waals surface area contributed by atoms with Gasteiger partial charge in [0, 0.05) is 23.0 Å². The standard InChI is InChI=1S/C21H14N6/c22-27-26-17-9-7-15(8-10-17)16-13-20(18-5-1-3-11-23-18)25-21(14-16)19-6-2-4-12-24-19/h1-14H. The Labute approximate surface area is 155 Å². The van der Waals surface area contributed by atoms with Gasteiger partial charge >= 0.3 is 0 Å². The Hall–Kier alpha value is -4.02. The van der Waals surface area contributed by atoms with E-state index in [1.165, 1.54) is 0 Å². The van der Waals surface area contributed by atoms with Gasteiger partial charge in [0.1, 0.15) is 0 Å². The molecule has 0 atom stereocenters. The van der Waals surface area contributed by atoms with Gasteiger partial charge in [-0.25, -0.2) is 4.98 Å². The lowest BCUT2D eigenvalue weighted by molar-refractivity contribution is 1.22. The van der Waals surface area contributed by atoms with Crippen LogP contribution >= 0.6 is 0 Å². The summed E-state index contributed by atoms with van der Waals surface area (Å²) < 4.78 is 0. The van der Waals surface area contributed by atoms with Crippen molar-refractivity contribution in [2.24, 2.45) is 5.11 Å². The van der Waals surface area contributed by atoms with Crippen molar-refractivity contribution >= 4 is 5.69 Å². The lowest BCUT2D eigenvalue weighted by Gasteiger charge is -2.09. The first-order valence-electron chi connectivity index (χ1n) is 8.34. The average Bonchev–Trinajstić information content (AvgIpc) is 2.75. The van der Waals surface area contributed by atoms with Gasteiger partial charge in [-0.1, -0.05) is 41.5 Å². The molecular formula is C21H14N6. The average molecular weight is 350 g/mol. The Morgan fingerprint density at radius 2 is 1.26 bits per heavy atom. The molecule has 4 rings (SSSR count). The van der Waals surface area contributed by atoms with Gasteiger partial charge in [-0.15, -0.1) is 0 Å². The predicted molar refractivity (Wildman–Crippen MR) is 105 cm³/mol. The second-order valence-corrected chi connectivity index (χ2v) is 5.79. The highest BCUT2D eigenvalue weighted by Gasteiger charge is 2.10. The number of rotatable bonds is 4. The van der Waals surface area contributed by atoms with Crippen LogP contribution in [-0.2, 0) is 0 Å². The lowest BCUT2D eigenvalue weighted by Crippen LogP contribution is -1.93. The van der Waals surface area contributed by atoms with E-state index in [9.17, 15) is 0 Å². The Morgan fingerprint density at radius 3 is 1.74 bits per heavy atom. The minimum atomic E-state index is 0.574. The Morgan fingerprint density at radius 1 is 0.667 bits per heavy atom. The maximum Gasteiger partial charge on any atom is 0.0900 e. The zero-order valence-corrected chi connectivity index (χ0v) is 14.3. The Bertz CT molecular complexity index is 1040. The molecule has 0 amide bonds. The van der Waals surface area contributed by atoms with E-state index >= 15 is 0 Å². The van der Waals surface area contributed by atoms with Crippen LogP contribution in [0.5, 0.6) is 0 Å². The van der Waals surface area contributed by atoms with Crippen LogP contribution in [0.2, 0.25) is 0 Å². The van der Waals surface area contributed by atoms with Crippen molar-refractivity contribution in [3.05, 3.63) is 95.6 Å². The van der Waals surface area contributed by atoms with Crippen molar-refractivity contribution in [1.29, 1.82) is 0 Å². The quantitative estimate of drug-likeness (QED) is 0.264. The van der Waals surface area contributed by atoms with Crippen molar-refractivity contribution in [2.45, 2.75) is 0 Å². The van der Waals surface area contributed by atoms with E-state index in [4.69, 9.17) is 10.5 Å². The molecule has 1 aromatic carbocycles. The molecule has 0 unspecified atom stereocenters. The van der Waals surface area contributed by atoms with Crippen LogP contribution in [0.15, 0.2) is 90.3 Å². The van der Waals surface area contributed by atoms with E-state index in [0.29, 0.717) is 5.69 Å². The highest BCUT2D eigenvalue weighted by Crippen LogP contribution is 2.29. The zero-order valence-electron chi connectivity index (χ0n) is 14.3. The molecule has 0 radical (unpaired) electrons. The number of nitrogens with zero attached hydrogens (tertiary/aromatic N) is 6. The van der Waals surface area contributed by atoms with Crippen LogP contribution in [0.3, 0.4) is 0 Å². The van der Waals surface area contributed by atoms with E-state index in [0.717, 1.165) is 33.9 Å². The van der Waals surface area contributed by atoms with Crippen LogP contribution in [-0.4, -0.2) is 15.0 Å². The lowest BCUT2D eigenvalue weighted by atomic mass is 10.0. The molecule has 6 nitrogen and oxygen atoms in total. The van der Waals surface area contributed by atoms with Gasteiger partial charge in [0.05, 0.1) is 22.8 Å². The van der Waals surface area contributed by atoms with Gasteiger partial charge in [-0.3, -0.25) is 9.97 Å². The molecule has 6 heteroatoms. The third-order valence-corrected chi connectivity index (χ3v) is 4.04. The minimum Gasteiger partial charge on any atom is -0.255 e. The van der Waals surface area contributed by atoms with Crippen LogP contribution in [0, 0.1) is 0 Å². The fraction of sp³-hybridized carbons (Fsp3) is 0. The van der Waals surface area contributed by atoms with Crippen LogP contribution in [0.4, 0.5) is 5.69 Å². The molecule has 27 heavy (non-hydrogen) atoms. The molecular weight excluding hydrogens is 336 g/mol. The van der Waals surface area contributed by atoms with E-state index < -0.39 is 0 Å². The number of azide groups is 1. The molecule has 3 aromatic heterocycles. The van der Waals surface area contributed by atoms with Gasteiger partial charge in [0.15, 0.2) is 0 Å². The smallest absolute Gasteiger partial charge is 0.0900 e. The summed E-state index contributed by atoms with van der Waals surface area (Å²) in [5.74, 6) is 0. The first kappa shape index (κ1) is 16.4. The van der Waals surface area contributed by atoms with Crippen molar-refractivity contribution < 1.29 is 0 Å². The monoisotopic (exact) mass is 350 g/mol. The maximum atomic E-state index is 8.57. The number of pyridine rings is 3. The van der Waals surface area contributed by atoms with Gasteiger partial charge in [-0.05, 0) is 53.1 Å². The van der Waals surface area contributed by atoms with Crippen molar-refractivity contribution in [3.63, 3.8) is 0 Å². The predicted octanol–water partition coefficient (Wildman–Crippen LogP) is 5.81. The molecule has 4 aromatic rings. The largest absolute Gasteiger partial charge is 0.255 e. The van der Waals surface area contributed by atoms with E-state index in [-0.39, 0.29) is 0 Å². The van der Waals surface area contributed by atoms with Crippen molar-refractivity contribution in [1.82, 2.24) is 15.0 Å². The summed E-state index contributed by atoms with van der Waals surface area (Å²) in [6.07, 6.45) is 3.50. The maximum absolute atomic E-state index is 8.57. The molecule has 0 fully saturated rings. The second kappa shape index (κ2) is 7.47. The zero-order chi connectivity index (χ0) is 18.5. The molecule has 128 valence electrons. The van der Waals surface area contributed by atoms with E-state index in [1.54, 1.807) is 24.5 Å². The number of aromatic nitrogens is 3. The van der Waals surface area contributed by atoms with Crippen molar-refractivity contribution in [3.8, 4) is 33.9 Å². The molecule has 0 bridgehead atoms. The summed E-state index contributed by atoms with van der Waals surface area (Å²) in [6.45, 7) is 0. The summed E-state index contributed by atoms with van der Waals surface area (Å²) in [5, 5.41) is 3.62. The number of hydrogen-bond donors (Lipinski definition) is 0. The third kappa shape index (κ3) is 3.66. The normalized spacial score (nSPS) is 10.2. The topological polar surface area (TPSA) is 87.4 Å². The molecule has 3 heterocycles. The summed E-state index contributed by atoms with van der Waals surface area (Å²) in [5.41, 5.74) is 14.2. The van der Waals surface area contributed by atoms with Gasteiger partial charge in [0.2, 0.25) is 0 Å². The minimum absolute atomic E-state index is 0.574. The first-order chi connectivity index (χ1) is 13.3. The van der Waals surface area contributed by atoms with Gasteiger partial charge < -0.3 is 0 Å². The highest BCUT2D eigenvalue weighted by atomic mass is 15.1. The summed E-state index contributed by atoms with van der Waals surface area (Å²) in [4.78, 5) is 16.4. The SMILES string of the molecule is [N-]=[N+]=Nc1ccc(-c2cc(-c3ccccn3)nc(-c3ccccn3)c2)cc1. The Balaban J connectivity index is 1.86. The molecule has 0 aliphatic heterocycles. The molecule has 0 aliphatic rings. The molecule has 0 spiro atoms. The van der Waals surface area contributed by atoms with Crippen LogP contribution in [0.1, 0.15) is 0 Å². The first-order valence-corrected chi connectivity index (χ1v) is 8.34. The van der Waals surface area contributed by atoms with E-state index in [2.05, 4.69) is 20.0 Å².